The SMILES string of the molecule is C=CCOC(=O)N1CCC[C@H]1C(=O)N[C@H](C(=O)O)C(C)CC. The predicted octanol–water partition coefficient (Wildman–Crippen LogP) is 1.39. The molecule has 0 aromatic carbocycles. The van der Waals surface area contributed by atoms with E-state index in [1.807, 2.05) is 6.92 Å². The zero-order chi connectivity index (χ0) is 16.7. The molecule has 1 aliphatic rings. The summed E-state index contributed by atoms with van der Waals surface area (Å²) in [6.45, 7) is 7.59. The molecular formula is C15H24N2O5. The fourth-order valence-electron chi connectivity index (χ4n) is 2.40. The summed E-state index contributed by atoms with van der Waals surface area (Å²) >= 11 is 0. The van der Waals surface area contributed by atoms with Crippen LogP contribution in [-0.4, -0.2) is 53.2 Å². The third-order valence-corrected chi connectivity index (χ3v) is 3.89. The Balaban J connectivity index is 2.71. The lowest BCUT2D eigenvalue weighted by atomic mass is 9.99. The average Bonchev–Trinajstić information content (AvgIpc) is 2.98. The van der Waals surface area contributed by atoms with E-state index in [4.69, 9.17) is 4.74 Å². The summed E-state index contributed by atoms with van der Waals surface area (Å²) in [5.41, 5.74) is 0. The summed E-state index contributed by atoms with van der Waals surface area (Å²) in [5, 5.41) is 11.8. The molecule has 0 saturated carbocycles. The van der Waals surface area contributed by atoms with Crippen molar-refractivity contribution in [2.45, 2.75) is 45.2 Å². The van der Waals surface area contributed by atoms with Crippen LogP contribution in [0.3, 0.4) is 0 Å². The lowest BCUT2D eigenvalue weighted by Gasteiger charge is -2.26. The number of carbonyl (C=O) groups is 3. The van der Waals surface area contributed by atoms with Crippen molar-refractivity contribution in [3.63, 3.8) is 0 Å². The number of carboxylic acids is 1. The fraction of sp³-hybridized carbons (Fsp3) is 0.667. The monoisotopic (exact) mass is 312 g/mol. The summed E-state index contributed by atoms with van der Waals surface area (Å²) in [7, 11) is 0. The molecule has 0 radical (unpaired) electrons. The Hall–Kier alpha value is -2.05. The summed E-state index contributed by atoms with van der Waals surface area (Å²) in [6, 6.07) is -1.63. The van der Waals surface area contributed by atoms with Crippen molar-refractivity contribution in [3.8, 4) is 0 Å². The first kappa shape index (κ1) is 18.0. The summed E-state index contributed by atoms with van der Waals surface area (Å²) in [6.07, 6.45) is 2.69. The second-order valence-electron chi connectivity index (χ2n) is 5.43. The van der Waals surface area contributed by atoms with E-state index in [1.165, 1.54) is 11.0 Å². The molecule has 3 atom stereocenters. The molecule has 2 amide bonds. The molecule has 2 N–H and O–H groups in total. The number of ether oxygens (including phenoxy) is 1. The first-order chi connectivity index (χ1) is 10.4. The van der Waals surface area contributed by atoms with Gasteiger partial charge in [-0.3, -0.25) is 9.69 Å². The van der Waals surface area contributed by atoms with Gasteiger partial charge in [-0.1, -0.05) is 32.9 Å². The third-order valence-electron chi connectivity index (χ3n) is 3.89. The number of nitrogens with zero attached hydrogens (tertiary/aromatic N) is 1. The molecule has 1 aliphatic heterocycles. The molecule has 124 valence electrons. The largest absolute Gasteiger partial charge is 0.480 e. The van der Waals surface area contributed by atoms with Crippen molar-refractivity contribution < 1.29 is 24.2 Å². The molecule has 1 saturated heterocycles. The van der Waals surface area contributed by atoms with Gasteiger partial charge in [-0.25, -0.2) is 9.59 Å². The van der Waals surface area contributed by atoms with E-state index in [9.17, 15) is 19.5 Å². The number of likely N-dealkylation sites (tertiary alicyclic amines) is 1. The predicted molar refractivity (Wildman–Crippen MR) is 80.3 cm³/mol. The van der Waals surface area contributed by atoms with Crippen molar-refractivity contribution in [2.75, 3.05) is 13.2 Å². The van der Waals surface area contributed by atoms with Gasteiger partial charge in [0.05, 0.1) is 0 Å². The van der Waals surface area contributed by atoms with Gasteiger partial charge in [-0.2, -0.15) is 0 Å². The molecule has 0 aromatic rings. The lowest BCUT2D eigenvalue weighted by Crippen LogP contribution is -2.52. The van der Waals surface area contributed by atoms with E-state index in [2.05, 4.69) is 11.9 Å². The van der Waals surface area contributed by atoms with Crippen molar-refractivity contribution in [3.05, 3.63) is 12.7 Å². The highest BCUT2D eigenvalue weighted by Crippen LogP contribution is 2.19. The first-order valence-corrected chi connectivity index (χ1v) is 7.49. The Bertz CT molecular complexity index is 438. The van der Waals surface area contributed by atoms with Crippen LogP contribution in [0.5, 0.6) is 0 Å². The maximum Gasteiger partial charge on any atom is 0.410 e. The van der Waals surface area contributed by atoms with E-state index in [1.54, 1.807) is 6.92 Å². The number of nitrogens with one attached hydrogen (secondary N) is 1. The van der Waals surface area contributed by atoms with Crippen molar-refractivity contribution in [1.82, 2.24) is 10.2 Å². The van der Waals surface area contributed by atoms with Gasteiger partial charge in [0.2, 0.25) is 5.91 Å². The second kappa shape index (κ2) is 8.41. The Kier molecular flexibility index (Phi) is 6.88. The summed E-state index contributed by atoms with van der Waals surface area (Å²) in [5.74, 6) is -1.70. The van der Waals surface area contributed by atoms with Crippen molar-refractivity contribution >= 4 is 18.0 Å². The fourth-order valence-corrected chi connectivity index (χ4v) is 2.40. The molecule has 0 spiro atoms. The zero-order valence-corrected chi connectivity index (χ0v) is 13.1. The first-order valence-electron chi connectivity index (χ1n) is 7.49. The van der Waals surface area contributed by atoms with E-state index < -0.39 is 30.1 Å². The Morgan fingerprint density at radius 1 is 1.50 bits per heavy atom. The molecule has 7 nitrogen and oxygen atoms in total. The Morgan fingerprint density at radius 3 is 2.73 bits per heavy atom. The molecular weight excluding hydrogens is 288 g/mol. The van der Waals surface area contributed by atoms with E-state index in [0.717, 1.165) is 0 Å². The van der Waals surface area contributed by atoms with Crippen molar-refractivity contribution in [1.29, 1.82) is 0 Å². The van der Waals surface area contributed by atoms with Gasteiger partial charge in [0.15, 0.2) is 0 Å². The number of hydrogen-bond acceptors (Lipinski definition) is 4. The van der Waals surface area contributed by atoms with Crippen LogP contribution in [0.25, 0.3) is 0 Å². The molecule has 7 heteroatoms. The highest BCUT2D eigenvalue weighted by atomic mass is 16.6. The molecule has 1 heterocycles. The van der Waals surface area contributed by atoms with Crippen molar-refractivity contribution in [2.24, 2.45) is 5.92 Å². The maximum atomic E-state index is 12.3. The van der Waals surface area contributed by atoms with Crippen LogP contribution >= 0.6 is 0 Å². The minimum Gasteiger partial charge on any atom is -0.480 e. The van der Waals surface area contributed by atoms with Crippen LogP contribution in [0.15, 0.2) is 12.7 Å². The van der Waals surface area contributed by atoms with Gasteiger partial charge in [0.25, 0.3) is 0 Å². The quantitative estimate of drug-likeness (QED) is 0.693. The van der Waals surface area contributed by atoms with Crippen LogP contribution in [0.1, 0.15) is 33.1 Å². The van der Waals surface area contributed by atoms with Crippen LogP contribution in [-0.2, 0) is 14.3 Å². The summed E-state index contributed by atoms with van der Waals surface area (Å²) < 4.78 is 4.95. The highest BCUT2D eigenvalue weighted by molar-refractivity contribution is 5.89. The standard InChI is InChI=1S/C15H24N2O5/c1-4-9-22-15(21)17-8-6-7-11(17)13(18)16-12(14(19)20)10(3)5-2/h4,10-12H,1,5-9H2,2-3H3,(H,16,18)(H,19,20)/t10?,11-,12-/m0/s1. The molecule has 0 aromatic heterocycles. The number of amides is 2. The number of aliphatic carboxylic acids is 1. The Morgan fingerprint density at radius 2 is 2.18 bits per heavy atom. The normalized spacial score (nSPS) is 20.1. The van der Waals surface area contributed by atoms with Crippen LogP contribution < -0.4 is 5.32 Å². The molecule has 1 fully saturated rings. The number of rotatable bonds is 7. The molecule has 0 bridgehead atoms. The third kappa shape index (κ3) is 4.47. The lowest BCUT2D eigenvalue weighted by molar-refractivity contribution is -0.144. The van der Waals surface area contributed by atoms with E-state index in [0.29, 0.717) is 25.8 Å². The topological polar surface area (TPSA) is 95.9 Å². The number of hydrogen-bond donors (Lipinski definition) is 2. The van der Waals surface area contributed by atoms with E-state index in [-0.39, 0.29) is 12.5 Å². The van der Waals surface area contributed by atoms with Gasteiger partial charge in [0.1, 0.15) is 18.7 Å². The van der Waals surface area contributed by atoms with E-state index >= 15 is 0 Å². The average molecular weight is 312 g/mol. The van der Waals surface area contributed by atoms with Gasteiger partial charge in [-0.05, 0) is 18.8 Å². The number of carboxylic acid groups (broad SMARTS) is 1. The second-order valence-corrected chi connectivity index (χ2v) is 5.43. The minimum atomic E-state index is -1.07. The van der Waals surface area contributed by atoms with Gasteiger partial charge >= 0.3 is 12.1 Å². The molecule has 22 heavy (non-hydrogen) atoms. The van der Waals surface area contributed by atoms with Gasteiger partial charge < -0.3 is 15.2 Å². The maximum absolute atomic E-state index is 12.3. The van der Waals surface area contributed by atoms with Crippen LogP contribution in [0, 0.1) is 5.92 Å². The smallest absolute Gasteiger partial charge is 0.410 e. The number of carbonyl (C=O) groups excluding carboxylic acids is 2. The molecule has 1 rings (SSSR count). The van der Waals surface area contributed by atoms with Gasteiger partial charge in [-0.15, -0.1) is 0 Å². The highest BCUT2D eigenvalue weighted by Gasteiger charge is 2.37. The van der Waals surface area contributed by atoms with Gasteiger partial charge in [0, 0.05) is 6.54 Å². The minimum absolute atomic E-state index is 0.0777. The summed E-state index contributed by atoms with van der Waals surface area (Å²) in [4.78, 5) is 36.8. The Labute approximate surface area is 130 Å². The van der Waals surface area contributed by atoms with Crippen LogP contribution in [0.4, 0.5) is 4.79 Å². The zero-order valence-electron chi connectivity index (χ0n) is 13.1. The molecule has 1 unspecified atom stereocenters. The molecule has 0 aliphatic carbocycles. The van der Waals surface area contributed by atoms with Crippen LogP contribution in [0.2, 0.25) is 0 Å².